The van der Waals surface area contributed by atoms with Crippen LogP contribution < -0.4 is 19.7 Å². The molecule has 0 saturated carbocycles. The first-order chi connectivity index (χ1) is 15.5. The minimum Gasteiger partial charge on any atom is -0.497 e. The third-order valence-corrected chi connectivity index (χ3v) is 5.74. The summed E-state index contributed by atoms with van der Waals surface area (Å²) in [7, 11) is 3.17. The van der Waals surface area contributed by atoms with Crippen molar-refractivity contribution in [1.29, 1.82) is 0 Å². The fourth-order valence-electron chi connectivity index (χ4n) is 4.13. The molecule has 1 saturated heterocycles. The highest BCUT2D eigenvalue weighted by Gasteiger charge is 2.25. The maximum absolute atomic E-state index is 12.8. The molecule has 8 nitrogen and oxygen atoms in total. The molecule has 0 radical (unpaired) electrons. The number of anilines is 2. The van der Waals surface area contributed by atoms with E-state index in [1.54, 1.807) is 32.4 Å². The van der Waals surface area contributed by atoms with E-state index in [2.05, 4.69) is 29.3 Å². The average molecular weight is 436 g/mol. The van der Waals surface area contributed by atoms with E-state index in [0.29, 0.717) is 30.3 Å². The van der Waals surface area contributed by atoms with Gasteiger partial charge in [-0.2, -0.15) is 5.10 Å². The molecule has 32 heavy (non-hydrogen) atoms. The van der Waals surface area contributed by atoms with Crippen LogP contribution in [0.1, 0.15) is 11.4 Å². The fourth-order valence-corrected chi connectivity index (χ4v) is 4.13. The van der Waals surface area contributed by atoms with Crippen molar-refractivity contribution in [2.24, 2.45) is 0 Å². The predicted octanol–water partition coefficient (Wildman–Crippen LogP) is 3.86. The minimum absolute atomic E-state index is 0.131. The van der Waals surface area contributed by atoms with Gasteiger partial charge in [0.25, 0.3) is 0 Å². The van der Waals surface area contributed by atoms with E-state index in [0.717, 1.165) is 35.9 Å². The molecule has 0 unspecified atom stereocenters. The van der Waals surface area contributed by atoms with E-state index in [-0.39, 0.29) is 6.03 Å². The number of carbonyl (C=O) groups is 1. The van der Waals surface area contributed by atoms with Gasteiger partial charge in [-0.05, 0) is 26.0 Å². The van der Waals surface area contributed by atoms with Gasteiger partial charge in [0, 0.05) is 50.1 Å². The van der Waals surface area contributed by atoms with Crippen molar-refractivity contribution in [2.75, 3.05) is 50.6 Å². The Bertz CT molecular complexity index is 1070. The van der Waals surface area contributed by atoms with Crippen LogP contribution in [0.4, 0.5) is 16.2 Å². The third-order valence-electron chi connectivity index (χ3n) is 5.74. The number of para-hydroxylation sites is 1. The Labute approximate surface area is 188 Å². The van der Waals surface area contributed by atoms with Crippen molar-refractivity contribution >= 4 is 17.4 Å². The van der Waals surface area contributed by atoms with E-state index < -0.39 is 0 Å². The van der Waals surface area contributed by atoms with Crippen molar-refractivity contribution < 1.29 is 14.3 Å². The number of ether oxygens (including phenoxy) is 2. The Balaban J connectivity index is 1.43. The Morgan fingerprint density at radius 2 is 1.56 bits per heavy atom. The lowest BCUT2D eigenvalue weighted by atomic mass is 10.2. The number of aromatic nitrogens is 2. The molecule has 0 bridgehead atoms. The first-order valence-corrected chi connectivity index (χ1v) is 10.7. The van der Waals surface area contributed by atoms with Crippen LogP contribution in [0.25, 0.3) is 5.69 Å². The van der Waals surface area contributed by atoms with Gasteiger partial charge in [0.2, 0.25) is 0 Å². The van der Waals surface area contributed by atoms with Crippen LogP contribution >= 0.6 is 0 Å². The Morgan fingerprint density at radius 3 is 2.16 bits per heavy atom. The molecule has 0 atom stereocenters. The van der Waals surface area contributed by atoms with Crippen LogP contribution in [0.3, 0.4) is 0 Å². The molecule has 3 aromatic rings. The first kappa shape index (κ1) is 21.5. The van der Waals surface area contributed by atoms with E-state index in [1.807, 2.05) is 34.7 Å². The van der Waals surface area contributed by atoms with Crippen LogP contribution in [0.5, 0.6) is 11.5 Å². The van der Waals surface area contributed by atoms with Gasteiger partial charge >= 0.3 is 6.03 Å². The lowest BCUT2D eigenvalue weighted by molar-refractivity contribution is 0.208. The third kappa shape index (κ3) is 4.34. The molecule has 168 valence electrons. The summed E-state index contributed by atoms with van der Waals surface area (Å²) in [5.74, 6) is 1.26. The van der Waals surface area contributed by atoms with E-state index in [1.165, 1.54) is 0 Å². The highest BCUT2D eigenvalue weighted by atomic mass is 16.5. The molecule has 1 fully saturated rings. The number of hydrogen-bond acceptors (Lipinski definition) is 5. The second-order valence-corrected chi connectivity index (χ2v) is 7.77. The monoisotopic (exact) mass is 435 g/mol. The maximum atomic E-state index is 12.8. The lowest BCUT2D eigenvalue weighted by Crippen LogP contribution is -2.50. The summed E-state index contributed by atoms with van der Waals surface area (Å²) in [6, 6.07) is 15.3. The first-order valence-electron chi connectivity index (χ1n) is 10.7. The maximum Gasteiger partial charge on any atom is 0.321 e. The number of benzene rings is 2. The molecule has 2 aromatic carbocycles. The number of carbonyl (C=O) groups excluding carboxylic acids is 1. The highest BCUT2D eigenvalue weighted by molar-refractivity contribution is 5.90. The zero-order chi connectivity index (χ0) is 22.7. The van der Waals surface area contributed by atoms with Gasteiger partial charge in [0.1, 0.15) is 11.5 Å². The number of rotatable bonds is 5. The van der Waals surface area contributed by atoms with Crippen LogP contribution in [-0.2, 0) is 0 Å². The standard InChI is InChI=1S/C24H29N5O3/c1-17-23(18(2)29(26-17)20-8-6-5-7-9-20)27-10-12-28(13-11-27)24(30)25-19-14-21(31-3)16-22(15-19)32-4/h5-9,14-16H,10-13H2,1-4H3,(H,25,30). The summed E-state index contributed by atoms with van der Waals surface area (Å²) in [5.41, 5.74) is 4.93. The van der Waals surface area contributed by atoms with Gasteiger partial charge < -0.3 is 24.6 Å². The predicted molar refractivity (Wildman–Crippen MR) is 125 cm³/mol. The SMILES string of the molecule is COc1cc(NC(=O)N2CCN(c3c(C)nn(-c4ccccc4)c3C)CC2)cc(OC)c1. The fraction of sp³-hybridized carbons (Fsp3) is 0.333. The Morgan fingerprint density at radius 1 is 0.938 bits per heavy atom. The molecular formula is C24H29N5O3. The number of methoxy groups -OCH3 is 2. The van der Waals surface area contributed by atoms with Crippen LogP contribution in [0.15, 0.2) is 48.5 Å². The Hall–Kier alpha value is -3.68. The minimum atomic E-state index is -0.131. The quantitative estimate of drug-likeness (QED) is 0.659. The van der Waals surface area contributed by atoms with Gasteiger partial charge in [-0.25, -0.2) is 9.48 Å². The van der Waals surface area contributed by atoms with Crippen molar-refractivity contribution in [3.8, 4) is 17.2 Å². The van der Waals surface area contributed by atoms with Gasteiger partial charge in [-0.3, -0.25) is 0 Å². The van der Waals surface area contributed by atoms with Gasteiger partial charge in [0.05, 0.1) is 37.0 Å². The van der Waals surface area contributed by atoms with Gasteiger partial charge in [0.15, 0.2) is 0 Å². The molecule has 0 aliphatic carbocycles. The number of amides is 2. The lowest BCUT2D eigenvalue weighted by Gasteiger charge is -2.36. The van der Waals surface area contributed by atoms with Gasteiger partial charge in [-0.1, -0.05) is 18.2 Å². The summed E-state index contributed by atoms with van der Waals surface area (Å²) in [6.45, 7) is 6.88. The number of aryl methyl sites for hydroxylation is 1. The van der Waals surface area contributed by atoms with E-state index >= 15 is 0 Å². The highest BCUT2D eigenvalue weighted by Crippen LogP contribution is 2.29. The molecule has 1 aromatic heterocycles. The van der Waals surface area contributed by atoms with Crippen molar-refractivity contribution in [3.63, 3.8) is 0 Å². The van der Waals surface area contributed by atoms with E-state index in [9.17, 15) is 4.79 Å². The number of nitrogens with one attached hydrogen (secondary N) is 1. The topological polar surface area (TPSA) is 71.9 Å². The molecule has 0 spiro atoms. The van der Waals surface area contributed by atoms with Crippen LogP contribution in [0, 0.1) is 13.8 Å². The second kappa shape index (κ2) is 9.21. The summed E-state index contributed by atoms with van der Waals surface area (Å²) < 4.78 is 12.6. The normalized spacial score (nSPS) is 13.8. The number of piperazine rings is 1. The van der Waals surface area contributed by atoms with E-state index in [4.69, 9.17) is 14.6 Å². The largest absolute Gasteiger partial charge is 0.497 e. The van der Waals surface area contributed by atoms with Crippen molar-refractivity contribution in [1.82, 2.24) is 14.7 Å². The molecule has 1 N–H and O–H groups in total. The number of nitrogens with zero attached hydrogens (tertiary/aromatic N) is 4. The van der Waals surface area contributed by atoms with Gasteiger partial charge in [-0.15, -0.1) is 0 Å². The van der Waals surface area contributed by atoms with Crippen molar-refractivity contribution in [2.45, 2.75) is 13.8 Å². The molecule has 2 heterocycles. The molecule has 2 amide bonds. The Kier molecular flexibility index (Phi) is 6.20. The number of urea groups is 1. The zero-order valence-corrected chi connectivity index (χ0v) is 19.0. The van der Waals surface area contributed by atoms with Crippen LogP contribution in [0.2, 0.25) is 0 Å². The molecule has 8 heteroatoms. The summed E-state index contributed by atoms with van der Waals surface area (Å²) in [6.07, 6.45) is 0. The molecular weight excluding hydrogens is 406 g/mol. The van der Waals surface area contributed by atoms with Crippen molar-refractivity contribution in [3.05, 3.63) is 59.9 Å². The smallest absolute Gasteiger partial charge is 0.321 e. The summed E-state index contributed by atoms with van der Waals surface area (Å²) in [4.78, 5) is 17.0. The summed E-state index contributed by atoms with van der Waals surface area (Å²) >= 11 is 0. The van der Waals surface area contributed by atoms with Crippen LogP contribution in [-0.4, -0.2) is 61.1 Å². The molecule has 1 aliphatic rings. The molecule has 4 rings (SSSR count). The number of hydrogen-bond donors (Lipinski definition) is 1. The average Bonchev–Trinajstić information content (AvgIpc) is 3.13. The molecule has 1 aliphatic heterocycles. The zero-order valence-electron chi connectivity index (χ0n) is 19.0. The second-order valence-electron chi connectivity index (χ2n) is 7.77. The summed E-state index contributed by atoms with van der Waals surface area (Å²) in [5, 5.41) is 7.71.